The van der Waals surface area contributed by atoms with Crippen LogP contribution in [0.5, 0.6) is 0 Å². The van der Waals surface area contributed by atoms with Crippen LogP contribution < -0.4 is 61.3 Å². The van der Waals surface area contributed by atoms with Crippen LogP contribution in [0.4, 0.5) is 0 Å². The number of hydrogen-bond acceptors (Lipinski definition) is 33. The molecule has 0 aliphatic rings. The van der Waals surface area contributed by atoms with E-state index < -0.39 is 208 Å². The fraction of sp³-hybridized carbons (Fsp3) is 0.636. The molecular weight excluding hydrogens is 1140 g/mol. The van der Waals surface area contributed by atoms with Gasteiger partial charge in [-0.25, -0.2) is 0 Å². The van der Waals surface area contributed by atoms with Crippen LogP contribution in [0.15, 0.2) is 0 Å². The molecule has 0 aromatic heterocycles. The summed E-state index contributed by atoms with van der Waals surface area (Å²) in [4.78, 5) is 130. The first-order valence-electron chi connectivity index (χ1n) is 18.1. The van der Waals surface area contributed by atoms with Gasteiger partial charge >= 0.3 is 68.3 Å². The summed E-state index contributed by atoms with van der Waals surface area (Å²) in [5.41, 5.74) is 0. The van der Waals surface area contributed by atoms with Crippen molar-refractivity contribution in [3.05, 3.63) is 0 Å². The Morgan fingerprint density at radius 2 is 0.300 bits per heavy atom. The Hall–Kier alpha value is -4.64. The molecule has 4 radical (unpaired) electrons. The van der Waals surface area contributed by atoms with E-state index in [1.807, 2.05) is 0 Å². The third-order valence-electron chi connectivity index (χ3n) is 7.05. The van der Waals surface area contributed by atoms with Gasteiger partial charge in [-0.1, -0.05) is 0 Å². The molecular formula is C33H42Fe4N6O27. The van der Waals surface area contributed by atoms with Gasteiger partial charge in [0, 0.05) is 118 Å². The van der Waals surface area contributed by atoms with Gasteiger partial charge in [0.1, 0.15) is 0 Å². The van der Waals surface area contributed by atoms with E-state index in [9.17, 15) is 134 Å². The van der Waals surface area contributed by atoms with Crippen LogP contribution in [-0.4, -0.2) is 252 Å². The van der Waals surface area contributed by atoms with Gasteiger partial charge in [-0.2, -0.15) is 0 Å². The second kappa shape index (κ2) is 44.3. The molecule has 0 spiro atoms. The number of aliphatic hydroxyl groups excluding tert-OH is 3. The largest absolute Gasteiger partial charge is 3.00 e. The van der Waals surface area contributed by atoms with Crippen LogP contribution in [0.25, 0.3) is 0 Å². The first kappa shape index (κ1) is 79.5. The van der Waals surface area contributed by atoms with Crippen molar-refractivity contribution >= 4 is 71.6 Å². The minimum atomic E-state index is -1.59. The number of carboxylic acid groups (broad SMARTS) is 12. The third-order valence-corrected chi connectivity index (χ3v) is 7.05. The number of hydrogen-bond donors (Lipinski definition) is 3. The normalized spacial score (nSPS) is 10.5. The molecule has 0 saturated heterocycles. The van der Waals surface area contributed by atoms with E-state index in [1.54, 1.807) is 0 Å². The van der Waals surface area contributed by atoms with Crippen molar-refractivity contribution in [3.8, 4) is 0 Å². The molecule has 0 atom stereocenters. The monoisotopic (exact) mass is 1180 g/mol. The number of aliphatic carboxylic acids is 12. The average molecular weight is 1180 g/mol. The van der Waals surface area contributed by atoms with Crippen molar-refractivity contribution in [1.29, 1.82) is 0 Å². The van der Waals surface area contributed by atoms with Gasteiger partial charge in [0.15, 0.2) is 0 Å². The molecule has 37 heteroatoms. The molecule has 0 aliphatic carbocycles. The van der Waals surface area contributed by atoms with Crippen molar-refractivity contribution < 1.29 is 202 Å². The Bertz CT molecular complexity index is 1270. The standard InChI is InChI=1S/3C11H18N2O9.4Fe/c3*14-7(1-12(3-8(15)16)4-9(17)18)2-13(5-10(19)20)6-11(21)22;;;;/h3*7,14H,1-6H2,(H,15,16)(H,17,18)(H,19,20)(H,21,22);;;;/q;;;4*+3/p-12. The zero-order chi connectivity index (χ0) is 51.9. The zero-order valence-corrected chi connectivity index (χ0v) is 40.1. The van der Waals surface area contributed by atoms with Crippen LogP contribution in [0.1, 0.15) is 0 Å². The topological polar surface area (TPSA) is 562 Å². The third kappa shape index (κ3) is 54.3. The molecule has 398 valence electrons. The number of nitrogens with zero attached hydrogens (tertiary/aromatic N) is 6. The quantitative estimate of drug-likeness (QED) is 0.0490. The van der Waals surface area contributed by atoms with Crippen molar-refractivity contribution in [2.45, 2.75) is 18.3 Å². The molecule has 0 unspecified atom stereocenters. The Morgan fingerprint density at radius 3 is 0.357 bits per heavy atom. The van der Waals surface area contributed by atoms with E-state index >= 15 is 0 Å². The predicted molar refractivity (Wildman–Crippen MR) is 177 cm³/mol. The van der Waals surface area contributed by atoms with E-state index in [2.05, 4.69) is 0 Å². The molecule has 0 fully saturated rings. The average Bonchev–Trinajstić information content (AvgIpc) is 3.04. The predicted octanol–water partition coefficient (Wildman–Crippen LogP) is -24.2. The maximum atomic E-state index is 10.5. The summed E-state index contributed by atoms with van der Waals surface area (Å²) in [6.07, 6.45) is -4.26. The summed E-state index contributed by atoms with van der Waals surface area (Å²) in [6, 6.07) is 0. The number of carbonyl (C=O) groups excluding carboxylic acids is 12. The Kier molecular flexibility index (Phi) is 50.3. The fourth-order valence-corrected chi connectivity index (χ4v) is 5.26. The number of rotatable bonds is 36. The minimum absolute atomic E-state index is 0. The molecule has 0 heterocycles. The molecule has 0 aromatic carbocycles. The molecule has 70 heavy (non-hydrogen) atoms. The number of carboxylic acids is 12. The number of aliphatic hydroxyl groups is 3. The van der Waals surface area contributed by atoms with E-state index in [4.69, 9.17) is 0 Å². The first-order valence-corrected chi connectivity index (χ1v) is 18.1. The molecule has 33 nitrogen and oxygen atoms in total. The molecule has 0 saturated carbocycles. The second-order valence-corrected chi connectivity index (χ2v) is 13.4. The first-order chi connectivity index (χ1) is 30.3. The van der Waals surface area contributed by atoms with E-state index in [0.29, 0.717) is 0 Å². The van der Waals surface area contributed by atoms with E-state index in [-0.39, 0.29) is 68.3 Å². The minimum Gasteiger partial charge on any atom is -0.549 e. The van der Waals surface area contributed by atoms with Crippen LogP contribution in [-0.2, 0) is 126 Å². The SMILES string of the molecule is O=C([O-])CN(CC(=O)[O-])CC(O)CN(CC(=O)[O-])CC(=O)[O-].O=C([O-])CN(CC(=O)[O-])CC(O)CN(CC(=O)[O-])CC(=O)[O-].O=C([O-])CN(CC(=O)[O-])CC(O)CN(CC(=O)[O-])CC(=O)[O-].[Fe+3].[Fe+3].[Fe+3].[Fe+3]. The Morgan fingerprint density at radius 1 is 0.229 bits per heavy atom. The van der Waals surface area contributed by atoms with E-state index in [0.717, 1.165) is 29.4 Å². The summed E-state index contributed by atoms with van der Waals surface area (Å²) in [6.45, 7) is -12.4. The fourth-order valence-electron chi connectivity index (χ4n) is 5.26. The van der Waals surface area contributed by atoms with Gasteiger partial charge in [-0.15, -0.1) is 0 Å². The van der Waals surface area contributed by atoms with Crippen LogP contribution in [0.2, 0.25) is 0 Å². The summed E-state index contributed by atoms with van der Waals surface area (Å²) >= 11 is 0. The molecule has 0 aliphatic heterocycles. The van der Waals surface area contributed by atoms with Gasteiger partial charge in [0.2, 0.25) is 0 Å². The summed E-state index contributed by atoms with van der Waals surface area (Å²) in [5.74, 6) is -19.1. The molecule has 0 rings (SSSR count). The summed E-state index contributed by atoms with van der Waals surface area (Å²) < 4.78 is 0. The smallest absolute Gasteiger partial charge is 0.549 e. The van der Waals surface area contributed by atoms with Gasteiger partial charge in [-0.3, -0.25) is 29.4 Å². The Balaban J connectivity index is -0.000000165. The van der Waals surface area contributed by atoms with Crippen molar-refractivity contribution in [2.24, 2.45) is 0 Å². The van der Waals surface area contributed by atoms with Gasteiger partial charge in [-0.05, 0) is 0 Å². The molecule has 0 aromatic rings. The van der Waals surface area contributed by atoms with Gasteiger partial charge < -0.3 is 134 Å². The van der Waals surface area contributed by atoms with Crippen molar-refractivity contribution in [2.75, 3.05) is 118 Å². The van der Waals surface area contributed by atoms with Gasteiger partial charge in [0.25, 0.3) is 0 Å². The van der Waals surface area contributed by atoms with E-state index in [1.165, 1.54) is 0 Å². The maximum Gasteiger partial charge on any atom is 3.00 e. The molecule has 3 N–H and O–H groups in total. The van der Waals surface area contributed by atoms with Crippen LogP contribution >= 0.6 is 0 Å². The van der Waals surface area contributed by atoms with Crippen LogP contribution in [0.3, 0.4) is 0 Å². The zero-order valence-electron chi connectivity index (χ0n) is 35.7. The summed E-state index contributed by atoms with van der Waals surface area (Å²) in [5, 5.41) is 155. The maximum absolute atomic E-state index is 10.5. The number of carbonyl (C=O) groups is 12. The van der Waals surface area contributed by atoms with Gasteiger partial charge in [0.05, 0.1) is 89.9 Å². The Labute approximate surface area is 437 Å². The molecule has 0 amide bonds. The van der Waals surface area contributed by atoms with Crippen molar-refractivity contribution in [1.82, 2.24) is 29.4 Å². The summed E-state index contributed by atoms with van der Waals surface area (Å²) in [7, 11) is 0. The van der Waals surface area contributed by atoms with Crippen LogP contribution in [0, 0.1) is 0 Å². The second-order valence-electron chi connectivity index (χ2n) is 13.4. The van der Waals surface area contributed by atoms with Crippen molar-refractivity contribution in [3.63, 3.8) is 0 Å². The molecule has 0 bridgehead atoms.